The summed E-state index contributed by atoms with van der Waals surface area (Å²) >= 11 is 0. The van der Waals surface area contributed by atoms with E-state index in [2.05, 4.69) is 6.92 Å². The van der Waals surface area contributed by atoms with Gasteiger partial charge in [0.1, 0.15) is 5.75 Å². The van der Waals surface area contributed by atoms with Crippen molar-refractivity contribution in [1.82, 2.24) is 4.57 Å². The minimum absolute atomic E-state index is 0.121. The average Bonchev–Trinajstić information content (AvgIpc) is 2.87. The fourth-order valence-electron chi connectivity index (χ4n) is 2.29. The van der Waals surface area contributed by atoms with Crippen LogP contribution in [-0.4, -0.2) is 17.0 Å². The van der Waals surface area contributed by atoms with E-state index in [0.717, 1.165) is 23.1 Å². The number of rotatable bonds is 6. The molecule has 0 bridgehead atoms. The summed E-state index contributed by atoms with van der Waals surface area (Å²) < 4.78 is 7.78. The number of nitrogens with zero attached hydrogens (tertiary/aromatic N) is 1. The Morgan fingerprint density at radius 1 is 1.32 bits per heavy atom. The van der Waals surface area contributed by atoms with E-state index in [9.17, 15) is 4.79 Å². The van der Waals surface area contributed by atoms with Crippen LogP contribution in [0.3, 0.4) is 0 Å². The maximum atomic E-state index is 11.9. The van der Waals surface area contributed by atoms with Crippen LogP contribution in [0.4, 0.5) is 0 Å². The Morgan fingerprint density at radius 3 is 2.79 bits per heavy atom. The van der Waals surface area contributed by atoms with Gasteiger partial charge in [0.05, 0.1) is 18.2 Å². The predicted octanol–water partition coefficient (Wildman–Crippen LogP) is 3.97. The predicted molar refractivity (Wildman–Crippen MR) is 77.7 cm³/mol. The maximum absolute atomic E-state index is 11.9. The third-order valence-electron chi connectivity index (χ3n) is 3.42. The topological polar surface area (TPSA) is 31.2 Å². The Hall–Kier alpha value is -1.77. The number of hydrogen-bond donors (Lipinski definition) is 0. The van der Waals surface area contributed by atoms with Gasteiger partial charge < -0.3 is 9.30 Å². The molecule has 0 radical (unpaired) electrons. The van der Waals surface area contributed by atoms with E-state index in [1.807, 2.05) is 48.9 Å². The van der Waals surface area contributed by atoms with E-state index in [0.29, 0.717) is 13.0 Å². The van der Waals surface area contributed by atoms with E-state index in [4.69, 9.17) is 4.74 Å². The van der Waals surface area contributed by atoms with Crippen molar-refractivity contribution in [1.29, 1.82) is 0 Å². The summed E-state index contributed by atoms with van der Waals surface area (Å²) in [7, 11) is 0. The van der Waals surface area contributed by atoms with Gasteiger partial charge in [-0.3, -0.25) is 4.79 Å². The first-order valence-electron chi connectivity index (χ1n) is 6.94. The van der Waals surface area contributed by atoms with E-state index >= 15 is 0 Å². The lowest BCUT2D eigenvalue weighted by Gasteiger charge is -2.14. The number of fused-ring (bicyclic) bond motifs is 1. The van der Waals surface area contributed by atoms with Crippen LogP contribution in [0.1, 0.15) is 39.7 Å². The zero-order valence-corrected chi connectivity index (χ0v) is 11.8. The fraction of sp³-hybridized carbons (Fsp3) is 0.438. The van der Waals surface area contributed by atoms with Crippen molar-refractivity contribution in [3.05, 3.63) is 30.5 Å². The standard InChI is InChI=1S/C16H21NO2/c1-4-11-19-16-8-6-7-14-13(16)9-10-17(14)12(3)15(18)5-2/h6-10,12H,4-5,11H2,1-3H3. The summed E-state index contributed by atoms with van der Waals surface area (Å²) in [4.78, 5) is 11.9. The second kappa shape index (κ2) is 5.91. The molecule has 0 aliphatic carbocycles. The van der Waals surface area contributed by atoms with Crippen molar-refractivity contribution >= 4 is 16.7 Å². The molecule has 1 unspecified atom stereocenters. The minimum Gasteiger partial charge on any atom is -0.493 e. The van der Waals surface area contributed by atoms with Gasteiger partial charge in [-0.1, -0.05) is 19.9 Å². The van der Waals surface area contributed by atoms with Crippen LogP contribution >= 0.6 is 0 Å². The largest absolute Gasteiger partial charge is 0.493 e. The average molecular weight is 259 g/mol. The van der Waals surface area contributed by atoms with Crippen LogP contribution in [-0.2, 0) is 4.79 Å². The third-order valence-corrected chi connectivity index (χ3v) is 3.42. The molecule has 1 aromatic heterocycles. The first-order chi connectivity index (χ1) is 9.19. The van der Waals surface area contributed by atoms with Gasteiger partial charge in [-0.25, -0.2) is 0 Å². The summed E-state index contributed by atoms with van der Waals surface area (Å²) in [6.07, 6.45) is 3.52. The molecule has 1 atom stereocenters. The van der Waals surface area contributed by atoms with Crippen LogP contribution in [0.25, 0.3) is 10.9 Å². The number of carbonyl (C=O) groups is 1. The van der Waals surface area contributed by atoms with Gasteiger partial charge in [0.25, 0.3) is 0 Å². The molecule has 1 heterocycles. The molecular formula is C16H21NO2. The Kier molecular flexibility index (Phi) is 4.25. The van der Waals surface area contributed by atoms with Gasteiger partial charge in [0, 0.05) is 18.0 Å². The lowest BCUT2D eigenvalue weighted by atomic mass is 10.1. The summed E-state index contributed by atoms with van der Waals surface area (Å²) in [6.45, 7) is 6.66. The molecule has 2 rings (SSSR count). The molecule has 0 aliphatic heterocycles. The van der Waals surface area contributed by atoms with E-state index in [1.54, 1.807) is 0 Å². The summed E-state index contributed by atoms with van der Waals surface area (Å²) in [5.74, 6) is 1.15. The number of ketones is 1. The van der Waals surface area contributed by atoms with E-state index < -0.39 is 0 Å². The first-order valence-corrected chi connectivity index (χ1v) is 6.94. The lowest BCUT2D eigenvalue weighted by Crippen LogP contribution is -2.14. The fourth-order valence-corrected chi connectivity index (χ4v) is 2.29. The molecule has 1 aromatic carbocycles. The zero-order valence-electron chi connectivity index (χ0n) is 11.8. The number of carbonyl (C=O) groups excluding carboxylic acids is 1. The molecule has 0 saturated heterocycles. The van der Waals surface area contributed by atoms with Gasteiger partial charge in [-0.15, -0.1) is 0 Å². The van der Waals surface area contributed by atoms with Crippen molar-refractivity contribution in [3.63, 3.8) is 0 Å². The number of aromatic nitrogens is 1. The van der Waals surface area contributed by atoms with Gasteiger partial charge in [0.15, 0.2) is 5.78 Å². The number of benzene rings is 1. The zero-order chi connectivity index (χ0) is 13.8. The van der Waals surface area contributed by atoms with Crippen molar-refractivity contribution in [2.24, 2.45) is 0 Å². The van der Waals surface area contributed by atoms with Gasteiger partial charge >= 0.3 is 0 Å². The summed E-state index contributed by atoms with van der Waals surface area (Å²) in [5.41, 5.74) is 1.06. The lowest BCUT2D eigenvalue weighted by molar-refractivity contribution is -0.121. The molecule has 0 N–H and O–H groups in total. The molecule has 3 nitrogen and oxygen atoms in total. The molecule has 0 fully saturated rings. The molecule has 0 spiro atoms. The molecule has 3 heteroatoms. The van der Waals surface area contributed by atoms with Crippen molar-refractivity contribution in [2.75, 3.05) is 6.61 Å². The summed E-state index contributed by atoms with van der Waals surface area (Å²) in [6, 6.07) is 7.90. The highest BCUT2D eigenvalue weighted by atomic mass is 16.5. The van der Waals surface area contributed by atoms with Crippen LogP contribution in [0.15, 0.2) is 30.5 Å². The Bertz CT molecular complexity index is 571. The quantitative estimate of drug-likeness (QED) is 0.786. The Balaban J connectivity index is 2.40. The van der Waals surface area contributed by atoms with Gasteiger partial charge in [-0.2, -0.15) is 0 Å². The van der Waals surface area contributed by atoms with Crippen LogP contribution < -0.4 is 4.74 Å². The SMILES string of the molecule is CCCOc1cccc2c1ccn2C(C)C(=O)CC. The summed E-state index contributed by atoms with van der Waals surface area (Å²) in [5, 5.41) is 1.08. The van der Waals surface area contributed by atoms with Gasteiger partial charge in [-0.05, 0) is 31.5 Å². The molecule has 0 saturated carbocycles. The van der Waals surface area contributed by atoms with Crippen LogP contribution in [0.5, 0.6) is 5.75 Å². The minimum atomic E-state index is -0.121. The van der Waals surface area contributed by atoms with Crippen molar-refractivity contribution < 1.29 is 9.53 Å². The van der Waals surface area contributed by atoms with Crippen LogP contribution in [0, 0.1) is 0 Å². The van der Waals surface area contributed by atoms with Crippen LogP contribution in [0.2, 0.25) is 0 Å². The molecule has 0 aliphatic rings. The second-order valence-corrected chi connectivity index (χ2v) is 4.76. The monoisotopic (exact) mass is 259 g/mol. The molecule has 102 valence electrons. The third kappa shape index (κ3) is 2.65. The molecule has 2 aromatic rings. The van der Waals surface area contributed by atoms with E-state index in [-0.39, 0.29) is 11.8 Å². The molecular weight excluding hydrogens is 238 g/mol. The highest BCUT2D eigenvalue weighted by Gasteiger charge is 2.15. The second-order valence-electron chi connectivity index (χ2n) is 4.76. The number of ether oxygens (including phenoxy) is 1. The van der Waals surface area contributed by atoms with E-state index in [1.165, 1.54) is 0 Å². The highest BCUT2D eigenvalue weighted by molar-refractivity contribution is 5.89. The number of Topliss-reactive ketones (excluding diaryl/α,β-unsaturated/α-hetero) is 1. The molecule has 0 amide bonds. The first kappa shape index (κ1) is 13.7. The van der Waals surface area contributed by atoms with Crippen molar-refractivity contribution in [3.8, 4) is 5.75 Å². The number of hydrogen-bond acceptors (Lipinski definition) is 2. The Morgan fingerprint density at radius 2 is 2.11 bits per heavy atom. The normalized spacial score (nSPS) is 12.6. The molecule has 19 heavy (non-hydrogen) atoms. The Labute approximate surface area is 114 Å². The maximum Gasteiger partial charge on any atom is 0.155 e. The smallest absolute Gasteiger partial charge is 0.155 e. The van der Waals surface area contributed by atoms with Crippen molar-refractivity contribution in [2.45, 2.75) is 39.7 Å². The highest BCUT2D eigenvalue weighted by Crippen LogP contribution is 2.29. The van der Waals surface area contributed by atoms with Gasteiger partial charge in [0.2, 0.25) is 0 Å².